The van der Waals surface area contributed by atoms with Crippen LogP contribution >= 0.6 is 0 Å². The first-order valence-electron chi connectivity index (χ1n) is 4.78. The standard InChI is InChI=1S/C10H18O2/c1-3-4-8-11-10-7-5-6-9(2)12-10/h6,10H,3-5,7-8H2,1-2H3. The summed E-state index contributed by atoms with van der Waals surface area (Å²) in [5.41, 5.74) is 0. The van der Waals surface area contributed by atoms with Crippen LogP contribution in [-0.4, -0.2) is 12.9 Å². The molecule has 12 heavy (non-hydrogen) atoms. The minimum atomic E-state index is 0.0153. The van der Waals surface area contributed by atoms with E-state index in [1.165, 1.54) is 6.42 Å². The highest BCUT2D eigenvalue weighted by Gasteiger charge is 2.13. The third kappa shape index (κ3) is 3.26. The summed E-state index contributed by atoms with van der Waals surface area (Å²) in [4.78, 5) is 0. The summed E-state index contributed by atoms with van der Waals surface area (Å²) in [6.45, 7) is 4.97. The number of ether oxygens (including phenoxy) is 2. The van der Waals surface area contributed by atoms with Crippen molar-refractivity contribution in [1.29, 1.82) is 0 Å². The minimum absolute atomic E-state index is 0.0153. The van der Waals surface area contributed by atoms with Gasteiger partial charge in [-0.25, -0.2) is 0 Å². The molecule has 0 saturated heterocycles. The smallest absolute Gasteiger partial charge is 0.199 e. The van der Waals surface area contributed by atoms with Crippen LogP contribution in [0.5, 0.6) is 0 Å². The molecule has 70 valence electrons. The highest BCUT2D eigenvalue weighted by atomic mass is 16.7. The number of unbranched alkanes of at least 4 members (excludes halogenated alkanes) is 1. The van der Waals surface area contributed by atoms with Crippen LogP contribution in [0.4, 0.5) is 0 Å². The predicted molar refractivity (Wildman–Crippen MR) is 48.7 cm³/mol. The Morgan fingerprint density at radius 2 is 2.50 bits per heavy atom. The molecule has 0 fully saturated rings. The third-order valence-electron chi connectivity index (χ3n) is 1.95. The van der Waals surface area contributed by atoms with Crippen LogP contribution in [0, 0.1) is 0 Å². The second-order valence-corrected chi connectivity index (χ2v) is 3.16. The summed E-state index contributed by atoms with van der Waals surface area (Å²) in [6.07, 6.45) is 6.52. The Balaban J connectivity index is 2.13. The summed E-state index contributed by atoms with van der Waals surface area (Å²) in [5.74, 6) is 1.00. The van der Waals surface area contributed by atoms with Crippen LogP contribution in [-0.2, 0) is 9.47 Å². The summed E-state index contributed by atoms with van der Waals surface area (Å²) < 4.78 is 11.0. The molecule has 1 atom stereocenters. The molecule has 0 radical (unpaired) electrons. The molecule has 0 bridgehead atoms. The van der Waals surface area contributed by atoms with Gasteiger partial charge in [-0.2, -0.15) is 0 Å². The van der Waals surface area contributed by atoms with Gasteiger partial charge in [0, 0.05) is 6.42 Å². The fourth-order valence-corrected chi connectivity index (χ4v) is 1.21. The maximum absolute atomic E-state index is 5.53. The SMILES string of the molecule is CCCCOC1CCC=C(C)O1. The van der Waals surface area contributed by atoms with E-state index in [1.807, 2.05) is 6.92 Å². The van der Waals surface area contributed by atoms with Gasteiger partial charge in [0.1, 0.15) is 0 Å². The molecule has 2 heteroatoms. The molecular formula is C10H18O2. The summed E-state index contributed by atoms with van der Waals surface area (Å²) in [5, 5.41) is 0. The van der Waals surface area contributed by atoms with Crippen molar-refractivity contribution < 1.29 is 9.47 Å². The Bertz CT molecular complexity index is 152. The van der Waals surface area contributed by atoms with E-state index in [9.17, 15) is 0 Å². The normalized spacial score (nSPS) is 23.2. The van der Waals surface area contributed by atoms with Crippen LogP contribution in [0.3, 0.4) is 0 Å². The van der Waals surface area contributed by atoms with Gasteiger partial charge in [-0.05, 0) is 25.8 Å². The summed E-state index contributed by atoms with van der Waals surface area (Å²) >= 11 is 0. The fourth-order valence-electron chi connectivity index (χ4n) is 1.21. The number of hydrogen-bond acceptors (Lipinski definition) is 2. The molecule has 0 spiro atoms. The van der Waals surface area contributed by atoms with Crippen molar-refractivity contribution in [3.05, 3.63) is 11.8 Å². The van der Waals surface area contributed by atoms with Gasteiger partial charge in [-0.3, -0.25) is 0 Å². The van der Waals surface area contributed by atoms with E-state index in [-0.39, 0.29) is 6.29 Å². The summed E-state index contributed by atoms with van der Waals surface area (Å²) in [7, 11) is 0. The highest BCUT2D eigenvalue weighted by Crippen LogP contribution is 2.17. The lowest BCUT2D eigenvalue weighted by atomic mass is 10.2. The lowest BCUT2D eigenvalue weighted by Gasteiger charge is -2.22. The zero-order valence-electron chi connectivity index (χ0n) is 8.01. The Labute approximate surface area is 74.6 Å². The van der Waals surface area contributed by atoms with Crippen molar-refractivity contribution in [2.45, 2.75) is 45.8 Å². The number of allylic oxidation sites excluding steroid dienone is 2. The molecule has 0 N–H and O–H groups in total. The highest BCUT2D eigenvalue weighted by molar-refractivity contribution is 4.92. The Morgan fingerprint density at radius 1 is 1.67 bits per heavy atom. The van der Waals surface area contributed by atoms with Crippen LogP contribution in [0.2, 0.25) is 0 Å². The van der Waals surface area contributed by atoms with E-state index >= 15 is 0 Å². The monoisotopic (exact) mass is 170 g/mol. The second-order valence-electron chi connectivity index (χ2n) is 3.16. The topological polar surface area (TPSA) is 18.5 Å². The van der Waals surface area contributed by atoms with Gasteiger partial charge in [0.2, 0.25) is 0 Å². The van der Waals surface area contributed by atoms with Crippen molar-refractivity contribution in [1.82, 2.24) is 0 Å². The molecule has 1 aliphatic heterocycles. The lowest BCUT2D eigenvalue weighted by molar-refractivity contribution is -0.125. The van der Waals surface area contributed by atoms with Gasteiger partial charge >= 0.3 is 0 Å². The van der Waals surface area contributed by atoms with Crippen LogP contribution < -0.4 is 0 Å². The summed E-state index contributed by atoms with van der Waals surface area (Å²) in [6, 6.07) is 0. The molecule has 1 unspecified atom stereocenters. The molecule has 0 aromatic carbocycles. The zero-order chi connectivity index (χ0) is 8.81. The van der Waals surface area contributed by atoms with Gasteiger partial charge in [-0.15, -0.1) is 0 Å². The largest absolute Gasteiger partial charge is 0.470 e. The molecule has 1 aliphatic rings. The number of rotatable bonds is 4. The molecule has 2 nitrogen and oxygen atoms in total. The van der Waals surface area contributed by atoms with Gasteiger partial charge in [0.25, 0.3) is 0 Å². The molecule has 0 amide bonds. The molecule has 0 aromatic heterocycles. The van der Waals surface area contributed by atoms with E-state index < -0.39 is 0 Å². The van der Waals surface area contributed by atoms with Gasteiger partial charge in [-0.1, -0.05) is 13.3 Å². The third-order valence-corrected chi connectivity index (χ3v) is 1.95. The van der Waals surface area contributed by atoms with Crippen molar-refractivity contribution in [3.63, 3.8) is 0 Å². The molecule has 1 heterocycles. The van der Waals surface area contributed by atoms with E-state index in [4.69, 9.17) is 9.47 Å². The molecule has 1 rings (SSSR count). The van der Waals surface area contributed by atoms with Crippen molar-refractivity contribution in [2.24, 2.45) is 0 Å². The van der Waals surface area contributed by atoms with Crippen molar-refractivity contribution >= 4 is 0 Å². The van der Waals surface area contributed by atoms with Gasteiger partial charge in [0.05, 0.1) is 12.4 Å². The minimum Gasteiger partial charge on any atom is -0.470 e. The Morgan fingerprint density at radius 3 is 3.17 bits per heavy atom. The van der Waals surface area contributed by atoms with Crippen LogP contribution in [0.25, 0.3) is 0 Å². The first kappa shape index (κ1) is 9.59. The lowest BCUT2D eigenvalue weighted by Crippen LogP contribution is -2.19. The average Bonchev–Trinajstić information content (AvgIpc) is 2.05. The van der Waals surface area contributed by atoms with Crippen LogP contribution in [0.15, 0.2) is 11.8 Å². The fraction of sp³-hybridized carbons (Fsp3) is 0.800. The maximum Gasteiger partial charge on any atom is 0.199 e. The van der Waals surface area contributed by atoms with Crippen molar-refractivity contribution in [2.75, 3.05) is 6.61 Å². The molecule has 0 aromatic rings. The molecular weight excluding hydrogens is 152 g/mol. The van der Waals surface area contributed by atoms with Crippen LogP contribution in [0.1, 0.15) is 39.5 Å². The van der Waals surface area contributed by atoms with Crippen molar-refractivity contribution in [3.8, 4) is 0 Å². The van der Waals surface area contributed by atoms with E-state index in [0.717, 1.165) is 31.6 Å². The second kappa shape index (κ2) is 5.20. The van der Waals surface area contributed by atoms with Gasteiger partial charge < -0.3 is 9.47 Å². The average molecular weight is 170 g/mol. The van der Waals surface area contributed by atoms with E-state index in [0.29, 0.717) is 0 Å². The van der Waals surface area contributed by atoms with E-state index in [2.05, 4.69) is 13.0 Å². The first-order valence-corrected chi connectivity index (χ1v) is 4.78. The van der Waals surface area contributed by atoms with Gasteiger partial charge in [0.15, 0.2) is 6.29 Å². The van der Waals surface area contributed by atoms with E-state index in [1.54, 1.807) is 0 Å². The Hall–Kier alpha value is -0.500. The molecule has 0 aliphatic carbocycles. The number of hydrogen-bond donors (Lipinski definition) is 0. The Kier molecular flexibility index (Phi) is 4.15. The zero-order valence-corrected chi connectivity index (χ0v) is 8.01. The maximum atomic E-state index is 5.53. The molecule has 0 saturated carbocycles. The predicted octanol–water partition coefficient (Wildman–Crippen LogP) is 2.84. The quantitative estimate of drug-likeness (QED) is 0.604. The first-order chi connectivity index (χ1) is 5.83.